The third-order valence-corrected chi connectivity index (χ3v) is 2.01. The third kappa shape index (κ3) is 1.21. The maximum atomic E-state index is 10.9. The highest BCUT2D eigenvalue weighted by Crippen LogP contribution is 2.26. The Kier molecular flexibility index (Phi) is 1.89. The molecule has 0 unspecified atom stereocenters. The topological polar surface area (TPSA) is 59.7 Å². The van der Waals surface area contributed by atoms with Crippen molar-refractivity contribution < 1.29 is 19.1 Å². The highest BCUT2D eigenvalue weighted by molar-refractivity contribution is 6.02. The molecule has 0 fully saturated rings. The molecule has 0 saturated heterocycles. The van der Waals surface area contributed by atoms with Crippen LogP contribution < -0.4 is 4.74 Å². The number of furan rings is 1. The van der Waals surface area contributed by atoms with Crippen LogP contribution in [0, 0.1) is 0 Å². The van der Waals surface area contributed by atoms with Crippen LogP contribution >= 0.6 is 0 Å². The van der Waals surface area contributed by atoms with Gasteiger partial charge in [0.2, 0.25) is 0 Å². The fourth-order valence-electron chi connectivity index (χ4n) is 1.34. The Hall–Kier alpha value is -1.97. The number of fused-ring (bicyclic) bond motifs is 1. The van der Waals surface area contributed by atoms with Crippen LogP contribution in [-0.2, 0) is 0 Å². The molecule has 2 rings (SSSR count). The molecule has 1 heterocycles. The number of methoxy groups -OCH3 is 1. The summed E-state index contributed by atoms with van der Waals surface area (Å²) in [5.74, 6) is -0.514. The molecule has 2 aromatic rings. The van der Waals surface area contributed by atoms with Crippen molar-refractivity contribution in [2.75, 3.05) is 7.11 Å². The predicted octanol–water partition coefficient (Wildman–Crippen LogP) is 2.14. The van der Waals surface area contributed by atoms with Crippen molar-refractivity contribution >= 4 is 16.9 Å². The maximum absolute atomic E-state index is 10.9. The van der Waals surface area contributed by atoms with Gasteiger partial charge in [-0.3, -0.25) is 0 Å². The Morgan fingerprint density at radius 2 is 2.29 bits per heavy atom. The average Bonchev–Trinajstić information content (AvgIpc) is 2.63. The monoisotopic (exact) mass is 192 g/mol. The molecule has 0 aliphatic rings. The highest BCUT2D eigenvalue weighted by atomic mass is 16.5. The van der Waals surface area contributed by atoms with Crippen LogP contribution in [0.25, 0.3) is 11.0 Å². The van der Waals surface area contributed by atoms with E-state index in [1.54, 1.807) is 12.1 Å². The van der Waals surface area contributed by atoms with Crippen LogP contribution in [0.15, 0.2) is 28.9 Å². The van der Waals surface area contributed by atoms with Gasteiger partial charge in [-0.15, -0.1) is 0 Å². The molecule has 0 spiro atoms. The lowest BCUT2D eigenvalue weighted by Gasteiger charge is -2.01. The van der Waals surface area contributed by atoms with E-state index in [0.717, 1.165) is 0 Å². The van der Waals surface area contributed by atoms with E-state index in [4.69, 9.17) is 14.3 Å². The SMILES string of the molecule is COc1cc(C(=O)O)c2ccoc2c1. The molecule has 1 aromatic carbocycles. The molecule has 4 nitrogen and oxygen atoms in total. The van der Waals surface area contributed by atoms with Crippen molar-refractivity contribution in [1.29, 1.82) is 0 Å². The number of aromatic carboxylic acids is 1. The van der Waals surface area contributed by atoms with Gasteiger partial charge in [-0.1, -0.05) is 0 Å². The Morgan fingerprint density at radius 3 is 2.93 bits per heavy atom. The molecule has 14 heavy (non-hydrogen) atoms. The Morgan fingerprint density at radius 1 is 1.50 bits per heavy atom. The molecule has 1 aromatic heterocycles. The first kappa shape index (κ1) is 8.62. The smallest absolute Gasteiger partial charge is 0.336 e. The molecular weight excluding hydrogens is 184 g/mol. The number of rotatable bonds is 2. The predicted molar refractivity (Wildman–Crippen MR) is 49.7 cm³/mol. The number of carboxylic acids is 1. The van der Waals surface area contributed by atoms with Gasteiger partial charge in [0.05, 0.1) is 18.9 Å². The minimum absolute atomic E-state index is 0.188. The van der Waals surface area contributed by atoms with Crippen LogP contribution in [0.3, 0.4) is 0 Å². The molecule has 4 heteroatoms. The number of benzene rings is 1. The van der Waals surface area contributed by atoms with E-state index in [-0.39, 0.29) is 5.56 Å². The number of carboxylic acid groups (broad SMARTS) is 1. The Labute approximate surface area is 79.7 Å². The second-order valence-electron chi connectivity index (χ2n) is 2.81. The summed E-state index contributed by atoms with van der Waals surface area (Å²) in [6.07, 6.45) is 1.45. The van der Waals surface area contributed by atoms with Crippen molar-refractivity contribution in [2.24, 2.45) is 0 Å². The van der Waals surface area contributed by atoms with Gasteiger partial charge in [0.1, 0.15) is 11.3 Å². The largest absolute Gasteiger partial charge is 0.497 e. The summed E-state index contributed by atoms with van der Waals surface area (Å²) in [6.45, 7) is 0. The minimum Gasteiger partial charge on any atom is -0.497 e. The summed E-state index contributed by atoms with van der Waals surface area (Å²) in [6, 6.07) is 4.75. The second kappa shape index (κ2) is 3.06. The van der Waals surface area contributed by atoms with Gasteiger partial charge in [-0.05, 0) is 12.1 Å². The summed E-state index contributed by atoms with van der Waals surface area (Å²) in [7, 11) is 1.48. The van der Waals surface area contributed by atoms with E-state index >= 15 is 0 Å². The van der Waals surface area contributed by atoms with Gasteiger partial charge in [0.15, 0.2) is 0 Å². The second-order valence-corrected chi connectivity index (χ2v) is 2.81. The lowest BCUT2D eigenvalue weighted by Crippen LogP contribution is -1.97. The van der Waals surface area contributed by atoms with Crippen LogP contribution in [0.4, 0.5) is 0 Å². The zero-order chi connectivity index (χ0) is 10.1. The molecule has 0 bridgehead atoms. The molecule has 0 aliphatic carbocycles. The first-order chi connectivity index (χ1) is 6.72. The van der Waals surface area contributed by atoms with Crippen LogP contribution in [0.1, 0.15) is 10.4 Å². The van der Waals surface area contributed by atoms with E-state index in [9.17, 15) is 4.79 Å². The number of ether oxygens (including phenoxy) is 1. The fourth-order valence-corrected chi connectivity index (χ4v) is 1.34. The molecular formula is C10H8O4. The zero-order valence-corrected chi connectivity index (χ0v) is 7.48. The molecule has 72 valence electrons. The average molecular weight is 192 g/mol. The van der Waals surface area contributed by atoms with Crippen LogP contribution in [0.5, 0.6) is 5.75 Å². The van der Waals surface area contributed by atoms with E-state index in [1.165, 1.54) is 19.4 Å². The van der Waals surface area contributed by atoms with Crippen molar-refractivity contribution in [2.45, 2.75) is 0 Å². The summed E-state index contributed by atoms with van der Waals surface area (Å²) in [4.78, 5) is 10.9. The Bertz CT molecular complexity index is 484. The van der Waals surface area contributed by atoms with E-state index < -0.39 is 5.97 Å². The van der Waals surface area contributed by atoms with Gasteiger partial charge in [0, 0.05) is 11.5 Å². The third-order valence-electron chi connectivity index (χ3n) is 2.01. The minimum atomic E-state index is -0.990. The van der Waals surface area contributed by atoms with Gasteiger partial charge < -0.3 is 14.3 Å². The molecule has 0 aliphatic heterocycles. The normalized spacial score (nSPS) is 10.4. The highest BCUT2D eigenvalue weighted by Gasteiger charge is 2.12. The molecule has 1 N–H and O–H groups in total. The lowest BCUT2D eigenvalue weighted by atomic mass is 10.1. The van der Waals surface area contributed by atoms with Gasteiger partial charge >= 0.3 is 5.97 Å². The molecule has 0 amide bonds. The molecule has 0 atom stereocenters. The standard InChI is InChI=1S/C10H8O4/c1-13-6-4-8(10(11)12)7-2-3-14-9(7)5-6/h2-5H,1H3,(H,11,12). The summed E-state index contributed by atoms with van der Waals surface area (Å²) >= 11 is 0. The van der Waals surface area contributed by atoms with Crippen LogP contribution in [-0.4, -0.2) is 18.2 Å². The zero-order valence-electron chi connectivity index (χ0n) is 7.48. The van der Waals surface area contributed by atoms with Crippen molar-refractivity contribution in [3.8, 4) is 5.75 Å². The molecule has 0 radical (unpaired) electrons. The number of carbonyl (C=O) groups is 1. The van der Waals surface area contributed by atoms with E-state index in [1.807, 2.05) is 0 Å². The lowest BCUT2D eigenvalue weighted by molar-refractivity contribution is 0.0698. The number of hydrogen-bond acceptors (Lipinski definition) is 3. The Balaban J connectivity index is 2.76. The van der Waals surface area contributed by atoms with Gasteiger partial charge in [-0.2, -0.15) is 0 Å². The van der Waals surface area contributed by atoms with Crippen molar-refractivity contribution in [3.05, 3.63) is 30.0 Å². The van der Waals surface area contributed by atoms with Crippen molar-refractivity contribution in [1.82, 2.24) is 0 Å². The summed E-state index contributed by atoms with van der Waals surface area (Å²) in [5.41, 5.74) is 0.704. The quantitative estimate of drug-likeness (QED) is 0.791. The van der Waals surface area contributed by atoms with E-state index in [0.29, 0.717) is 16.7 Å². The van der Waals surface area contributed by atoms with Crippen LogP contribution in [0.2, 0.25) is 0 Å². The molecule has 0 saturated carbocycles. The maximum Gasteiger partial charge on any atom is 0.336 e. The van der Waals surface area contributed by atoms with Crippen molar-refractivity contribution in [3.63, 3.8) is 0 Å². The van der Waals surface area contributed by atoms with Gasteiger partial charge in [-0.25, -0.2) is 4.79 Å². The first-order valence-corrected chi connectivity index (χ1v) is 4.01. The number of hydrogen-bond donors (Lipinski definition) is 1. The summed E-state index contributed by atoms with van der Waals surface area (Å²) < 4.78 is 10.1. The van der Waals surface area contributed by atoms with Gasteiger partial charge in [0.25, 0.3) is 0 Å². The fraction of sp³-hybridized carbons (Fsp3) is 0.100. The first-order valence-electron chi connectivity index (χ1n) is 4.01. The summed E-state index contributed by atoms with van der Waals surface area (Å²) in [5, 5.41) is 9.51. The van der Waals surface area contributed by atoms with E-state index in [2.05, 4.69) is 0 Å².